The Hall–Kier alpha value is -1.59. The molecular weight excluding hydrogens is 697 g/mol. The van der Waals surface area contributed by atoms with E-state index >= 15 is 0 Å². The van der Waals surface area contributed by atoms with E-state index in [9.17, 15) is 14.4 Å². The number of hydrogen-bond acceptors (Lipinski definition) is 6. The molecule has 0 rings (SSSR count). The van der Waals surface area contributed by atoms with Crippen LogP contribution in [0.15, 0.2) is 0 Å². The molecule has 0 aliphatic rings. The van der Waals surface area contributed by atoms with E-state index in [1.165, 1.54) is 154 Å². The van der Waals surface area contributed by atoms with Crippen LogP contribution in [0.4, 0.5) is 0 Å². The van der Waals surface area contributed by atoms with Gasteiger partial charge in [0.15, 0.2) is 6.10 Å². The molecule has 0 fully saturated rings. The van der Waals surface area contributed by atoms with Crippen LogP contribution in [0.2, 0.25) is 0 Å². The van der Waals surface area contributed by atoms with Crippen molar-refractivity contribution in [3.05, 3.63) is 0 Å². The highest BCUT2D eigenvalue weighted by molar-refractivity contribution is 5.71. The number of esters is 3. The van der Waals surface area contributed by atoms with Crippen molar-refractivity contribution in [2.45, 2.75) is 278 Å². The Kier molecular flexibility index (Phi) is 41.8. The lowest BCUT2D eigenvalue weighted by atomic mass is 9.99. The summed E-state index contributed by atoms with van der Waals surface area (Å²) in [5.41, 5.74) is 0. The third-order valence-corrected chi connectivity index (χ3v) is 11.6. The number of ether oxygens (including phenoxy) is 3. The Morgan fingerprint density at radius 1 is 0.375 bits per heavy atom. The van der Waals surface area contributed by atoms with Crippen LogP contribution in [0.3, 0.4) is 0 Å². The fourth-order valence-corrected chi connectivity index (χ4v) is 7.43. The molecule has 332 valence electrons. The molecule has 0 radical (unpaired) electrons. The molecule has 6 heteroatoms. The van der Waals surface area contributed by atoms with Gasteiger partial charge in [-0.2, -0.15) is 0 Å². The molecule has 0 N–H and O–H groups in total. The lowest BCUT2D eigenvalue weighted by molar-refractivity contribution is -0.167. The summed E-state index contributed by atoms with van der Waals surface area (Å²) in [7, 11) is 0. The Morgan fingerprint density at radius 2 is 0.679 bits per heavy atom. The van der Waals surface area contributed by atoms with Gasteiger partial charge in [-0.25, -0.2) is 0 Å². The van der Waals surface area contributed by atoms with Crippen LogP contribution in [0.25, 0.3) is 0 Å². The molecule has 1 unspecified atom stereocenters. The van der Waals surface area contributed by atoms with Gasteiger partial charge in [-0.1, -0.05) is 234 Å². The summed E-state index contributed by atoms with van der Waals surface area (Å²) in [6.07, 6.45) is 42.6. The number of hydrogen-bond donors (Lipinski definition) is 0. The lowest BCUT2D eigenvalue weighted by Gasteiger charge is -2.18. The van der Waals surface area contributed by atoms with Crippen molar-refractivity contribution in [2.24, 2.45) is 11.8 Å². The molecule has 0 aromatic heterocycles. The minimum absolute atomic E-state index is 0.0655. The smallest absolute Gasteiger partial charge is 0.306 e. The first-order chi connectivity index (χ1) is 27.3. The van der Waals surface area contributed by atoms with Gasteiger partial charge >= 0.3 is 17.9 Å². The first-order valence-electron chi connectivity index (χ1n) is 24.8. The molecule has 2 atom stereocenters. The summed E-state index contributed by atoms with van der Waals surface area (Å²) in [4.78, 5) is 37.6. The number of rotatable bonds is 44. The van der Waals surface area contributed by atoms with Gasteiger partial charge in [-0.05, 0) is 31.1 Å². The molecule has 56 heavy (non-hydrogen) atoms. The zero-order chi connectivity index (χ0) is 41.2. The summed E-state index contributed by atoms with van der Waals surface area (Å²) in [5.74, 6) is 0.856. The van der Waals surface area contributed by atoms with Gasteiger partial charge in [0.05, 0.1) is 0 Å². The largest absolute Gasteiger partial charge is 0.462 e. The van der Waals surface area contributed by atoms with Crippen LogP contribution in [0, 0.1) is 11.8 Å². The molecule has 6 nitrogen and oxygen atoms in total. The second-order valence-electron chi connectivity index (χ2n) is 17.8. The van der Waals surface area contributed by atoms with E-state index in [0.29, 0.717) is 19.3 Å². The molecule has 0 amide bonds. The van der Waals surface area contributed by atoms with Crippen LogP contribution in [0.1, 0.15) is 272 Å². The van der Waals surface area contributed by atoms with Crippen LogP contribution < -0.4 is 0 Å². The second kappa shape index (κ2) is 43.0. The topological polar surface area (TPSA) is 78.9 Å². The van der Waals surface area contributed by atoms with Crippen molar-refractivity contribution in [3.8, 4) is 0 Å². The molecule has 0 spiro atoms. The predicted octanol–water partition coefficient (Wildman–Crippen LogP) is 15.8. The van der Waals surface area contributed by atoms with Crippen molar-refractivity contribution in [1.82, 2.24) is 0 Å². The zero-order valence-corrected chi connectivity index (χ0v) is 38.3. The van der Waals surface area contributed by atoms with Gasteiger partial charge in [0.25, 0.3) is 0 Å². The normalized spacial score (nSPS) is 12.5. The van der Waals surface area contributed by atoms with Gasteiger partial charge in [0.2, 0.25) is 0 Å². The number of unbranched alkanes of at least 4 members (excludes halogenated alkanes) is 28. The fraction of sp³-hybridized carbons (Fsp3) is 0.940. The Labute approximate surface area is 348 Å². The van der Waals surface area contributed by atoms with Gasteiger partial charge in [-0.15, -0.1) is 0 Å². The second-order valence-corrected chi connectivity index (χ2v) is 17.8. The summed E-state index contributed by atoms with van der Waals surface area (Å²) in [6.45, 7) is 11.3. The Balaban J connectivity index is 4.07. The molecule has 0 saturated heterocycles. The standard InChI is InChI=1S/C50H96O6/c1-6-8-9-28-37-42-50(53)56-47(44-55-49(52)41-36-32-27-23-19-18-21-25-30-34-39-46(5)7-2)43-54-48(51)40-35-31-26-22-17-15-13-11-10-12-14-16-20-24-29-33-38-45(3)4/h45-47H,6-44H2,1-5H3/t46?,47-/m1/s1. The minimum Gasteiger partial charge on any atom is -0.462 e. The third-order valence-electron chi connectivity index (χ3n) is 11.6. The average Bonchev–Trinajstić information content (AvgIpc) is 3.18. The highest BCUT2D eigenvalue weighted by Crippen LogP contribution is 2.18. The van der Waals surface area contributed by atoms with E-state index in [-0.39, 0.29) is 31.1 Å². The molecule has 0 heterocycles. The van der Waals surface area contributed by atoms with Gasteiger partial charge < -0.3 is 14.2 Å². The summed E-state index contributed by atoms with van der Waals surface area (Å²) < 4.78 is 16.7. The first kappa shape index (κ1) is 54.4. The Morgan fingerprint density at radius 3 is 1.02 bits per heavy atom. The van der Waals surface area contributed by atoms with E-state index in [1.807, 2.05) is 0 Å². The quantitative estimate of drug-likeness (QED) is 0.0347. The highest BCUT2D eigenvalue weighted by atomic mass is 16.6. The van der Waals surface area contributed by atoms with Crippen LogP contribution >= 0.6 is 0 Å². The van der Waals surface area contributed by atoms with E-state index in [4.69, 9.17) is 14.2 Å². The molecular formula is C50H96O6. The predicted molar refractivity (Wildman–Crippen MR) is 238 cm³/mol. The maximum atomic E-state index is 12.6. The van der Waals surface area contributed by atoms with Crippen LogP contribution in [0.5, 0.6) is 0 Å². The molecule has 0 aliphatic carbocycles. The third kappa shape index (κ3) is 42.0. The van der Waals surface area contributed by atoms with Crippen molar-refractivity contribution in [1.29, 1.82) is 0 Å². The monoisotopic (exact) mass is 793 g/mol. The zero-order valence-electron chi connectivity index (χ0n) is 38.3. The number of carbonyl (C=O) groups excluding carboxylic acids is 3. The molecule has 0 saturated carbocycles. The maximum Gasteiger partial charge on any atom is 0.306 e. The summed E-state index contributed by atoms with van der Waals surface area (Å²) in [5, 5.41) is 0. The van der Waals surface area contributed by atoms with Crippen LogP contribution in [-0.2, 0) is 28.6 Å². The average molecular weight is 793 g/mol. The summed E-state index contributed by atoms with van der Waals surface area (Å²) in [6, 6.07) is 0. The molecule has 0 aliphatic heterocycles. The SMILES string of the molecule is CCCCCCCC(=O)O[C@H](COC(=O)CCCCCCCCCCCCCCCCCCC(C)C)COC(=O)CCCCCCCCCCCCC(C)CC. The van der Waals surface area contributed by atoms with Gasteiger partial charge in [-0.3, -0.25) is 14.4 Å². The number of carbonyl (C=O) groups is 3. The van der Waals surface area contributed by atoms with Crippen molar-refractivity contribution in [3.63, 3.8) is 0 Å². The minimum atomic E-state index is -0.759. The van der Waals surface area contributed by atoms with E-state index in [1.54, 1.807) is 0 Å². The molecule has 0 aromatic carbocycles. The van der Waals surface area contributed by atoms with Gasteiger partial charge in [0, 0.05) is 19.3 Å². The van der Waals surface area contributed by atoms with E-state index < -0.39 is 6.10 Å². The highest BCUT2D eigenvalue weighted by Gasteiger charge is 2.19. The van der Waals surface area contributed by atoms with E-state index in [2.05, 4.69) is 34.6 Å². The summed E-state index contributed by atoms with van der Waals surface area (Å²) >= 11 is 0. The van der Waals surface area contributed by atoms with Crippen LogP contribution in [-0.4, -0.2) is 37.2 Å². The van der Waals surface area contributed by atoms with E-state index in [0.717, 1.165) is 76.0 Å². The van der Waals surface area contributed by atoms with Crippen molar-refractivity contribution < 1.29 is 28.6 Å². The maximum absolute atomic E-state index is 12.6. The first-order valence-corrected chi connectivity index (χ1v) is 24.8. The molecule has 0 bridgehead atoms. The fourth-order valence-electron chi connectivity index (χ4n) is 7.43. The lowest BCUT2D eigenvalue weighted by Crippen LogP contribution is -2.30. The molecule has 0 aromatic rings. The Bertz CT molecular complexity index is 856. The van der Waals surface area contributed by atoms with Gasteiger partial charge in [0.1, 0.15) is 13.2 Å². The van der Waals surface area contributed by atoms with Crippen molar-refractivity contribution in [2.75, 3.05) is 13.2 Å². The van der Waals surface area contributed by atoms with Crippen molar-refractivity contribution >= 4 is 17.9 Å².